The number of likely N-dealkylation sites (N-methyl/N-ethyl adjacent to an activating group) is 1. The van der Waals surface area contributed by atoms with Gasteiger partial charge in [-0.25, -0.2) is 5.01 Å². The minimum atomic E-state index is -0.237. The molecule has 2 aromatic rings. The minimum absolute atomic E-state index is 0.0254. The van der Waals surface area contributed by atoms with Crippen molar-refractivity contribution in [1.29, 1.82) is 0 Å². The van der Waals surface area contributed by atoms with E-state index in [2.05, 4.69) is 5.10 Å². The van der Waals surface area contributed by atoms with Gasteiger partial charge in [0.1, 0.15) is 6.54 Å². The van der Waals surface area contributed by atoms with E-state index in [1.165, 1.54) is 9.91 Å². The zero-order valence-electron chi connectivity index (χ0n) is 16.0. The van der Waals surface area contributed by atoms with E-state index in [1.54, 1.807) is 18.4 Å². The summed E-state index contributed by atoms with van der Waals surface area (Å²) in [5.41, 5.74) is 1.82. The summed E-state index contributed by atoms with van der Waals surface area (Å²) in [6, 6.07) is 9.48. The predicted octanol–water partition coefficient (Wildman–Crippen LogP) is 3.02. The second-order valence-corrected chi connectivity index (χ2v) is 8.51. The molecule has 7 nitrogen and oxygen atoms in total. The lowest BCUT2D eigenvalue weighted by Gasteiger charge is -2.25. The maximum atomic E-state index is 13.1. The molecule has 1 aromatic carbocycles. The van der Waals surface area contributed by atoms with Crippen LogP contribution in [0.1, 0.15) is 35.7 Å². The highest BCUT2D eigenvalue weighted by Crippen LogP contribution is 2.39. The molecule has 1 aromatic heterocycles. The Balaban J connectivity index is 1.41. The van der Waals surface area contributed by atoms with Crippen molar-refractivity contribution in [3.05, 3.63) is 46.2 Å². The first-order chi connectivity index (χ1) is 14.1. The number of hydrogen-bond donors (Lipinski definition) is 0. The topological polar surface area (TPSA) is 71.4 Å². The first kappa shape index (κ1) is 18.2. The Morgan fingerprint density at radius 2 is 2.07 bits per heavy atom. The number of hydrazone groups is 1. The maximum Gasteiger partial charge on any atom is 0.262 e. The third kappa shape index (κ3) is 3.48. The average Bonchev–Trinajstić information content (AvgIpc) is 3.15. The molecule has 1 saturated carbocycles. The Labute approximate surface area is 172 Å². The third-order valence-electron chi connectivity index (χ3n) is 5.43. The zero-order chi connectivity index (χ0) is 20.0. The number of amides is 2. The van der Waals surface area contributed by atoms with Crippen LogP contribution in [0.15, 0.2) is 40.8 Å². The number of nitrogens with zero attached hydrogens (tertiary/aromatic N) is 3. The van der Waals surface area contributed by atoms with Gasteiger partial charge < -0.3 is 14.4 Å². The smallest absolute Gasteiger partial charge is 0.262 e. The summed E-state index contributed by atoms with van der Waals surface area (Å²) in [6.07, 6.45) is 2.45. The molecule has 2 amide bonds. The Hall–Kier alpha value is -2.87. The van der Waals surface area contributed by atoms with Crippen molar-refractivity contribution in [1.82, 2.24) is 9.91 Å². The van der Waals surface area contributed by atoms with E-state index in [0.29, 0.717) is 17.9 Å². The number of carbonyl (C=O) groups excluding carboxylic acids is 2. The lowest BCUT2D eigenvalue weighted by molar-refractivity contribution is -0.141. The molecule has 0 N–H and O–H groups in total. The predicted molar refractivity (Wildman–Crippen MR) is 108 cm³/mol. The van der Waals surface area contributed by atoms with Crippen LogP contribution in [0.3, 0.4) is 0 Å². The van der Waals surface area contributed by atoms with Crippen molar-refractivity contribution < 1.29 is 19.1 Å². The molecule has 0 unspecified atom stereocenters. The summed E-state index contributed by atoms with van der Waals surface area (Å²) in [5.74, 6) is 1.33. The number of hydrogen-bond acceptors (Lipinski definition) is 6. The van der Waals surface area contributed by atoms with Gasteiger partial charge in [0.05, 0.1) is 16.6 Å². The first-order valence-electron chi connectivity index (χ1n) is 9.68. The van der Waals surface area contributed by atoms with Crippen LogP contribution in [0, 0.1) is 5.92 Å². The number of benzene rings is 1. The maximum absolute atomic E-state index is 13.1. The second-order valence-electron chi connectivity index (χ2n) is 7.56. The van der Waals surface area contributed by atoms with E-state index in [-0.39, 0.29) is 37.1 Å². The molecule has 3 heterocycles. The van der Waals surface area contributed by atoms with Crippen LogP contribution in [0.2, 0.25) is 0 Å². The van der Waals surface area contributed by atoms with Gasteiger partial charge in [-0.05, 0) is 42.0 Å². The summed E-state index contributed by atoms with van der Waals surface area (Å²) in [6.45, 7) is 0.231. The fourth-order valence-corrected chi connectivity index (χ4v) is 4.43. The molecule has 5 rings (SSSR count). The van der Waals surface area contributed by atoms with Crippen molar-refractivity contribution in [2.24, 2.45) is 11.0 Å². The number of ether oxygens (including phenoxy) is 2. The van der Waals surface area contributed by atoms with Gasteiger partial charge in [-0.2, -0.15) is 5.10 Å². The summed E-state index contributed by atoms with van der Waals surface area (Å²) in [7, 11) is 1.69. The highest BCUT2D eigenvalue weighted by atomic mass is 32.1. The molecule has 0 spiro atoms. The summed E-state index contributed by atoms with van der Waals surface area (Å²) < 4.78 is 10.9. The van der Waals surface area contributed by atoms with Crippen LogP contribution in [-0.2, 0) is 9.59 Å². The van der Waals surface area contributed by atoms with E-state index in [9.17, 15) is 9.59 Å². The fourth-order valence-electron chi connectivity index (χ4n) is 3.71. The lowest BCUT2D eigenvalue weighted by Crippen LogP contribution is -2.39. The Morgan fingerprint density at radius 1 is 1.24 bits per heavy atom. The number of rotatable bonds is 5. The van der Waals surface area contributed by atoms with Crippen LogP contribution < -0.4 is 9.47 Å². The quantitative estimate of drug-likeness (QED) is 0.758. The molecule has 3 aliphatic rings. The summed E-state index contributed by atoms with van der Waals surface area (Å²) >= 11 is 1.60. The van der Waals surface area contributed by atoms with E-state index in [0.717, 1.165) is 29.0 Å². The standard InChI is InChI=1S/C21H21N3O4S/c1-23(21(26)13-4-5-13)11-20(25)24-16(10-15(22-24)19-3-2-8-29-19)14-6-7-17-18(9-14)28-12-27-17/h2-3,6-9,13,16H,4-5,10-12H2,1H3/t16-/m1/s1. The number of carbonyl (C=O) groups is 2. The SMILES string of the molecule is CN(CC(=O)N1N=C(c2cccs2)C[C@@H]1c1ccc2c(c1)OCO2)C(=O)C1CC1. The molecule has 29 heavy (non-hydrogen) atoms. The van der Waals surface area contributed by atoms with Gasteiger partial charge in [0, 0.05) is 19.4 Å². The Morgan fingerprint density at radius 3 is 2.83 bits per heavy atom. The normalized spacial score (nSPS) is 20.0. The van der Waals surface area contributed by atoms with Gasteiger partial charge in [0.2, 0.25) is 12.7 Å². The third-order valence-corrected chi connectivity index (χ3v) is 6.35. The summed E-state index contributed by atoms with van der Waals surface area (Å²) in [5, 5.41) is 8.19. The summed E-state index contributed by atoms with van der Waals surface area (Å²) in [4.78, 5) is 28.0. The molecular formula is C21H21N3O4S. The number of fused-ring (bicyclic) bond motifs is 1. The molecule has 2 aliphatic heterocycles. The molecule has 1 fully saturated rings. The second kappa shape index (κ2) is 7.18. The van der Waals surface area contributed by atoms with E-state index in [1.807, 2.05) is 35.7 Å². The highest BCUT2D eigenvalue weighted by Gasteiger charge is 2.37. The lowest BCUT2D eigenvalue weighted by atomic mass is 10.0. The van der Waals surface area contributed by atoms with Crippen LogP contribution in [0.5, 0.6) is 11.5 Å². The Kier molecular flexibility index (Phi) is 4.50. The molecular weight excluding hydrogens is 390 g/mol. The Bertz CT molecular complexity index is 984. The van der Waals surface area contributed by atoms with Crippen molar-refractivity contribution in [3.63, 3.8) is 0 Å². The van der Waals surface area contributed by atoms with Crippen molar-refractivity contribution in [2.75, 3.05) is 20.4 Å². The first-order valence-corrected chi connectivity index (χ1v) is 10.6. The molecule has 0 radical (unpaired) electrons. The minimum Gasteiger partial charge on any atom is -0.454 e. The largest absolute Gasteiger partial charge is 0.454 e. The molecule has 0 bridgehead atoms. The molecule has 1 aliphatic carbocycles. The van der Waals surface area contributed by atoms with E-state index >= 15 is 0 Å². The fraction of sp³-hybridized carbons (Fsp3) is 0.381. The molecule has 0 saturated heterocycles. The van der Waals surface area contributed by atoms with E-state index in [4.69, 9.17) is 9.47 Å². The van der Waals surface area contributed by atoms with Gasteiger partial charge in [-0.3, -0.25) is 9.59 Å². The molecule has 8 heteroatoms. The van der Waals surface area contributed by atoms with Gasteiger partial charge in [-0.1, -0.05) is 12.1 Å². The van der Waals surface area contributed by atoms with Gasteiger partial charge >= 0.3 is 0 Å². The van der Waals surface area contributed by atoms with Gasteiger partial charge in [-0.15, -0.1) is 11.3 Å². The van der Waals surface area contributed by atoms with Crippen LogP contribution in [0.25, 0.3) is 0 Å². The average molecular weight is 411 g/mol. The van der Waals surface area contributed by atoms with Crippen molar-refractivity contribution in [2.45, 2.75) is 25.3 Å². The highest BCUT2D eigenvalue weighted by molar-refractivity contribution is 7.12. The van der Waals surface area contributed by atoms with Crippen molar-refractivity contribution >= 4 is 28.9 Å². The van der Waals surface area contributed by atoms with Crippen LogP contribution >= 0.6 is 11.3 Å². The van der Waals surface area contributed by atoms with Crippen LogP contribution in [-0.4, -0.2) is 47.8 Å². The van der Waals surface area contributed by atoms with Gasteiger partial charge in [0.15, 0.2) is 11.5 Å². The van der Waals surface area contributed by atoms with Crippen LogP contribution in [0.4, 0.5) is 0 Å². The van der Waals surface area contributed by atoms with Crippen molar-refractivity contribution in [3.8, 4) is 11.5 Å². The molecule has 1 atom stereocenters. The van der Waals surface area contributed by atoms with E-state index < -0.39 is 0 Å². The molecule has 150 valence electrons. The number of thiophene rings is 1. The van der Waals surface area contributed by atoms with Gasteiger partial charge in [0.25, 0.3) is 5.91 Å². The monoisotopic (exact) mass is 411 g/mol. The zero-order valence-corrected chi connectivity index (χ0v) is 16.9.